The summed E-state index contributed by atoms with van der Waals surface area (Å²) in [4.78, 5) is 10.0. The number of hydrogen-bond acceptors (Lipinski definition) is 4. The first kappa shape index (κ1) is 16.0. The van der Waals surface area contributed by atoms with Crippen LogP contribution in [0, 0.1) is 5.82 Å². The minimum Gasteiger partial charge on any atom is -0.478 e. The number of hydrogen-bond donors (Lipinski definition) is 3. The lowest BCUT2D eigenvalue weighted by atomic mass is 10.2. The lowest BCUT2D eigenvalue weighted by Gasteiger charge is -2.10. The minimum atomic E-state index is -4.24. The molecule has 1 aromatic carbocycles. The van der Waals surface area contributed by atoms with Crippen LogP contribution in [0.2, 0.25) is 0 Å². The Bertz CT molecular complexity index is 602. The number of aliphatic hydroxyl groups excluding tert-OH is 1. The molecule has 0 aliphatic rings. The number of benzene rings is 1. The molecule has 0 fully saturated rings. The van der Waals surface area contributed by atoms with Gasteiger partial charge in [0.1, 0.15) is 4.90 Å². The van der Waals surface area contributed by atoms with E-state index in [1.165, 1.54) is 6.92 Å². The van der Waals surface area contributed by atoms with Crippen LogP contribution in [0.3, 0.4) is 0 Å². The maximum absolute atomic E-state index is 13.8. The fourth-order valence-electron chi connectivity index (χ4n) is 1.22. The van der Waals surface area contributed by atoms with Crippen LogP contribution in [-0.4, -0.2) is 37.2 Å². The highest BCUT2D eigenvalue weighted by Gasteiger charge is 2.25. The number of aromatic carboxylic acids is 1. The largest absolute Gasteiger partial charge is 0.478 e. The van der Waals surface area contributed by atoms with Crippen LogP contribution in [0.25, 0.3) is 0 Å². The Balaban J connectivity index is 3.31. The van der Waals surface area contributed by atoms with E-state index in [-0.39, 0.29) is 11.0 Å². The molecule has 1 rings (SSSR count). The third-order valence-electron chi connectivity index (χ3n) is 2.09. The van der Waals surface area contributed by atoms with E-state index in [1.807, 2.05) is 4.72 Å². The molecule has 0 aromatic heterocycles. The fraction of sp³-hybridized carbons (Fsp3) is 0.300. The van der Waals surface area contributed by atoms with Gasteiger partial charge in [-0.3, -0.25) is 0 Å². The standard InChI is InChI=1S/C10H11BrFNO5S/c1-5(14)4-13-19(17,18)8-3-6(11)2-7(9(8)12)10(15)16/h2-3,5,13-14H,4H2,1H3,(H,15,16). The normalized spacial score (nSPS) is 13.3. The van der Waals surface area contributed by atoms with E-state index in [0.29, 0.717) is 0 Å². The van der Waals surface area contributed by atoms with Gasteiger partial charge in [-0.2, -0.15) is 0 Å². The number of sulfonamides is 1. The van der Waals surface area contributed by atoms with Gasteiger partial charge in [0.25, 0.3) is 0 Å². The molecule has 0 saturated heterocycles. The number of nitrogens with one attached hydrogen (secondary N) is 1. The summed E-state index contributed by atoms with van der Waals surface area (Å²) in [6.07, 6.45) is -0.955. The summed E-state index contributed by atoms with van der Waals surface area (Å²) in [7, 11) is -4.24. The zero-order chi connectivity index (χ0) is 14.8. The van der Waals surface area contributed by atoms with Crippen molar-refractivity contribution in [2.24, 2.45) is 0 Å². The summed E-state index contributed by atoms with van der Waals surface area (Å²) in [5.41, 5.74) is -0.758. The molecular weight excluding hydrogens is 345 g/mol. The second-order valence-electron chi connectivity index (χ2n) is 3.77. The van der Waals surface area contributed by atoms with Gasteiger partial charge in [0.15, 0.2) is 5.82 Å². The molecule has 0 saturated carbocycles. The van der Waals surface area contributed by atoms with Crippen LogP contribution in [0.1, 0.15) is 17.3 Å². The number of aliphatic hydroxyl groups is 1. The molecular formula is C10H11BrFNO5S. The van der Waals surface area contributed by atoms with Crippen LogP contribution < -0.4 is 4.72 Å². The molecule has 0 bridgehead atoms. The highest BCUT2D eigenvalue weighted by atomic mass is 79.9. The zero-order valence-electron chi connectivity index (χ0n) is 9.72. The Morgan fingerprint density at radius 2 is 2.11 bits per heavy atom. The Morgan fingerprint density at radius 1 is 1.53 bits per heavy atom. The van der Waals surface area contributed by atoms with Crippen molar-refractivity contribution in [3.05, 3.63) is 28.0 Å². The second kappa shape index (κ2) is 5.95. The molecule has 0 aliphatic heterocycles. The summed E-state index contributed by atoms with van der Waals surface area (Å²) in [5.74, 6) is -2.93. The lowest BCUT2D eigenvalue weighted by Crippen LogP contribution is -2.31. The van der Waals surface area contributed by atoms with Crippen LogP contribution >= 0.6 is 15.9 Å². The average molecular weight is 356 g/mol. The van der Waals surface area contributed by atoms with Gasteiger partial charge in [-0.25, -0.2) is 22.3 Å². The van der Waals surface area contributed by atoms with Crippen molar-refractivity contribution in [2.45, 2.75) is 17.9 Å². The van der Waals surface area contributed by atoms with Crippen LogP contribution in [-0.2, 0) is 10.0 Å². The Labute approximate surface area is 117 Å². The van der Waals surface area contributed by atoms with E-state index < -0.39 is 38.4 Å². The summed E-state index contributed by atoms with van der Waals surface area (Å²) in [6.45, 7) is 1.04. The lowest BCUT2D eigenvalue weighted by molar-refractivity contribution is 0.0691. The summed E-state index contributed by atoms with van der Waals surface area (Å²) < 4.78 is 39.5. The van der Waals surface area contributed by atoms with Gasteiger partial charge in [0.2, 0.25) is 10.0 Å². The van der Waals surface area contributed by atoms with E-state index >= 15 is 0 Å². The van der Waals surface area contributed by atoms with Crippen LogP contribution in [0.15, 0.2) is 21.5 Å². The van der Waals surface area contributed by atoms with E-state index in [1.54, 1.807) is 0 Å². The number of carbonyl (C=O) groups is 1. The van der Waals surface area contributed by atoms with Crippen molar-refractivity contribution in [3.63, 3.8) is 0 Å². The number of rotatable bonds is 5. The van der Waals surface area contributed by atoms with E-state index in [4.69, 9.17) is 10.2 Å². The Morgan fingerprint density at radius 3 is 2.58 bits per heavy atom. The second-order valence-corrected chi connectivity index (χ2v) is 6.42. The smallest absolute Gasteiger partial charge is 0.338 e. The SMILES string of the molecule is CC(O)CNS(=O)(=O)c1cc(Br)cc(C(=O)O)c1F. The van der Waals surface area contributed by atoms with E-state index in [0.717, 1.165) is 12.1 Å². The van der Waals surface area contributed by atoms with Gasteiger partial charge >= 0.3 is 5.97 Å². The van der Waals surface area contributed by atoms with Gasteiger partial charge in [0, 0.05) is 11.0 Å². The van der Waals surface area contributed by atoms with E-state index in [9.17, 15) is 17.6 Å². The third-order valence-corrected chi connectivity index (χ3v) is 3.97. The first-order valence-electron chi connectivity index (χ1n) is 5.05. The predicted octanol–water partition coefficient (Wildman–Crippen LogP) is 0.946. The van der Waals surface area contributed by atoms with Gasteiger partial charge in [-0.05, 0) is 19.1 Å². The molecule has 1 atom stereocenters. The third kappa shape index (κ3) is 3.96. The molecule has 0 heterocycles. The molecule has 0 radical (unpaired) electrons. The van der Waals surface area contributed by atoms with Gasteiger partial charge in [-0.15, -0.1) is 0 Å². The van der Waals surface area contributed by atoms with Gasteiger partial charge in [-0.1, -0.05) is 15.9 Å². The molecule has 106 valence electrons. The van der Waals surface area contributed by atoms with Crippen LogP contribution in [0.4, 0.5) is 4.39 Å². The molecule has 19 heavy (non-hydrogen) atoms. The average Bonchev–Trinajstić information content (AvgIpc) is 2.28. The Hall–Kier alpha value is -1.03. The molecule has 6 nitrogen and oxygen atoms in total. The minimum absolute atomic E-state index is 0.115. The predicted molar refractivity (Wildman–Crippen MR) is 67.9 cm³/mol. The molecule has 0 aliphatic carbocycles. The number of carboxylic acids is 1. The molecule has 9 heteroatoms. The quantitative estimate of drug-likeness (QED) is 0.729. The summed E-state index contributed by atoms with van der Waals surface area (Å²) >= 11 is 2.92. The van der Waals surface area contributed by atoms with Crippen molar-refractivity contribution in [3.8, 4) is 0 Å². The van der Waals surface area contributed by atoms with Crippen molar-refractivity contribution < 1.29 is 27.8 Å². The summed E-state index contributed by atoms with van der Waals surface area (Å²) in [6, 6.07) is 1.91. The van der Waals surface area contributed by atoms with Gasteiger partial charge in [0.05, 0.1) is 11.7 Å². The number of carboxylic acid groups (broad SMARTS) is 1. The highest BCUT2D eigenvalue weighted by Crippen LogP contribution is 2.24. The highest BCUT2D eigenvalue weighted by molar-refractivity contribution is 9.10. The molecule has 3 N–H and O–H groups in total. The Kier molecular flexibility index (Phi) is 5.02. The van der Waals surface area contributed by atoms with Crippen molar-refractivity contribution >= 4 is 31.9 Å². The maximum atomic E-state index is 13.8. The van der Waals surface area contributed by atoms with Gasteiger partial charge < -0.3 is 10.2 Å². The summed E-state index contributed by atoms with van der Waals surface area (Å²) in [5, 5.41) is 17.8. The van der Waals surface area contributed by atoms with Crippen LogP contribution in [0.5, 0.6) is 0 Å². The first-order valence-corrected chi connectivity index (χ1v) is 7.33. The van der Waals surface area contributed by atoms with Crippen molar-refractivity contribution in [2.75, 3.05) is 6.54 Å². The fourth-order valence-corrected chi connectivity index (χ4v) is 3.08. The molecule has 1 aromatic rings. The molecule has 0 amide bonds. The van der Waals surface area contributed by atoms with Crippen molar-refractivity contribution in [1.29, 1.82) is 0 Å². The first-order chi connectivity index (χ1) is 8.65. The van der Waals surface area contributed by atoms with Crippen molar-refractivity contribution in [1.82, 2.24) is 4.72 Å². The monoisotopic (exact) mass is 355 g/mol. The topological polar surface area (TPSA) is 104 Å². The zero-order valence-corrected chi connectivity index (χ0v) is 12.1. The number of halogens is 2. The molecule has 0 spiro atoms. The maximum Gasteiger partial charge on any atom is 0.338 e. The molecule has 1 unspecified atom stereocenters. The van der Waals surface area contributed by atoms with E-state index in [2.05, 4.69) is 15.9 Å².